The lowest BCUT2D eigenvalue weighted by atomic mass is 9.89. The van der Waals surface area contributed by atoms with Gasteiger partial charge in [-0.3, -0.25) is 4.79 Å². The van der Waals surface area contributed by atoms with E-state index >= 15 is 0 Å². The highest BCUT2D eigenvalue weighted by molar-refractivity contribution is 5.70. The van der Waals surface area contributed by atoms with Gasteiger partial charge in [0.15, 0.2) is 0 Å². The van der Waals surface area contributed by atoms with Crippen LogP contribution < -0.4 is 4.90 Å². The van der Waals surface area contributed by atoms with E-state index in [-0.39, 0.29) is 11.9 Å². The molecule has 1 heterocycles. The first kappa shape index (κ1) is 19.3. The summed E-state index contributed by atoms with van der Waals surface area (Å²) in [5.41, 5.74) is 6.18. The van der Waals surface area contributed by atoms with Gasteiger partial charge in [-0.05, 0) is 42.0 Å². The molecule has 4 rings (SSSR count). The molecule has 0 radical (unpaired) electrons. The highest BCUT2D eigenvalue weighted by atomic mass is 16.5. The Hall–Kier alpha value is -3.07. The molecule has 0 fully saturated rings. The summed E-state index contributed by atoms with van der Waals surface area (Å²) in [6, 6.07) is 27.0. The maximum absolute atomic E-state index is 12.5. The minimum Gasteiger partial charge on any atom is -0.461 e. The van der Waals surface area contributed by atoms with E-state index in [1.165, 1.54) is 22.4 Å². The molecule has 29 heavy (non-hydrogen) atoms. The normalized spacial score (nSPS) is 15.6. The van der Waals surface area contributed by atoms with E-state index in [1.54, 1.807) is 0 Å². The summed E-state index contributed by atoms with van der Waals surface area (Å²) in [5, 5.41) is 0. The monoisotopic (exact) mass is 385 g/mol. The van der Waals surface area contributed by atoms with Crippen LogP contribution in [-0.2, 0) is 29.1 Å². The Labute approximate surface area is 172 Å². The SMILES string of the molecule is Cc1ccc2c(c1)CC(CC(=O)OCc1ccccc1)CN2Cc1ccccc1. The lowest BCUT2D eigenvalue weighted by molar-refractivity contribution is -0.146. The lowest BCUT2D eigenvalue weighted by Crippen LogP contribution is -2.36. The highest BCUT2D eigenvalue weighted by Crippen LogP contribution is 2.33. The Morgan fingerprint density at radius 2 is 1.66 bits per heavy atom. The van der Waals surface area contributed by atoms with Gasteiger partial charge < -0.3 is 9.64 Å². The number of hydrogen-bond acceptors (Lipinski definition) is 3. The number of ether oxygens (including phenoxy) is 1. The summed E-state index contributed by atoms with van der Waals surface area (Å²) in [7, 11) is 0. The van der Waals surface area contributed by atoms with Crippen LogP contribution in [0.5, 0.6) is 0 Å². The zero-order valence-electron chi connectivity index (χ0n) is 16.9. The number of rotatable bonds is 6. The van der Waals surface area contributed by atoms with Gasteiger partial charge in [-0.1, -0.05) is 78.4 Å². The molecule has 0 saturated carbocycles. The van der Waals surface area contributed by atoms with Gasteiger partial charge in [-0.2, -0.15) is 0 Å². The quantitative estimate of drug-likeness (QED) is 0.539. The van der Waals surface area contributed by atoms with Crippen molar-refractivity contribution < 1.29 is 9.53 Å². The molecule has 1 aliphatic heterocycles. The Kier molecular flexibility index (Phi) is 5.95. The van der Waals surface area contributed by atoms with E-state index in [2.05, 4.69) is 54.3 Å². The number of esters is 1. The van der Waals surface area contributed by atoms with Crippen LogP contribution in [0.2, 0.25) is 0 Å². The summed E-state index contributed by atoms with van der Waals surface area (Å²) in [5.74, 6) is 0.144. The summed E-state index contributed by atoms with van der Waals surface area (Å²) in [6.45, 7) is 4.19. The molecular weight excluding hydrogens is 358 g/mol. The Balaban J connectivity index is 1.44. The van der Waals surface area contributed by atoms with Crippen LogP contribution in [0.15, 0.2) is 78.9 Å². The van der Waals surface area contributed by atoms with Crippen molar-refractivity contribution >= 4 is 11.7 Å². The molecule has 0 spiro atoms. The molecular formula is C26H27NO2. The summed E-state index contributed by atoms with van der Waals surface area (Å²) in [6.07, 6.45) is 1.37. The van der Waals surface area contributed by atoms with E-state index in [1.807, 2.05) is 36.4 Å². The van der Waals surface area contributed by atoms with E-state index in [0.717, 1.165) is 25.1 Å². The van der Waals surface area contributed by atoms with E-state index in [9.17, 15) is 4.79 Å². The second kappa shape index (κ2) is 8.95. The molecule has 0 N–H and O–H groups in total. The summed E-state index contributed by atoms with van der Waals surface area (Å²) in [4.78, 5) is 14.9. The summed E-state index contributed by atoms with van der Waals surface area (Å²) >= 11 is 0. The molecule has 1 aliphatic rings. The molecule has 148 valence electrons. The van der Waals surface area contributed by atoms with Crippen molar-refractivity contribution in [1.29, 1.82) is 0 Å². The molecule has 0 bridgehead atoms. The Morgan fingerprint density at radius 3 is 2.38 bits per heavy atom. The van der Waals surface area contributed by atoms with Crippen LogP contribution in [-0.4, -0.2) is 12.5 Å². The standard InChI is InChI=1S/C26H27NO2/c1-20-12-13-25-24(14-20)15-23(18-27(25)17-21-8-4-2-5-9-21)16-26(28)29-19-22-10-6-3-7-11-22/h2-14,23H,15-19H2,1H3. The minimum atomic E-state index is -0.116. The smallest absolute Gasteiger partial charge is 0.306 e. The number of aryl methyl sites for hydroxylation is 1. The third kappa shape index (κ3) is 5.05. The second-order valence-electron chi connectivity index (χ2n) is 7.92. The van der Waals surface area contributed by atoms with Crippen molar-refractivity contribution in [2.75, 3.05) is 11.4 Å². The topological polar surface area (TPSA) is 29.5 Å². The first-order chi connectivity index (χ1) is 14.2. The third-order valence-corrected chi connectivity index (χ3v) is 5.48. The van der Waals surface area contributed by atoms with Crippen molar-refractivity contribution in [3.05, 3.63) is 101 Å². The van der Waals surface area contributed by atoms with Gasteiger partial charge in [0, 0.05) is 18.8 Å². The fraction of sp³-hybridized carbons (Fsp3) is 0.269. The molecule has 0 aliphatic carbocycles. The van der Waals surface area contributed by atoms with Crippen LogP contribution in [0, 0.1) is 12.8 Å². The van der Waals surface area contributed by atoms with Crippen LogP contribution >= 0.6 is 0 Å². The van der Waals surface area contributed by atoms with Gasteiger partial charge in [-0.15, -0.1) is 0 Å². The van der Waals surface area contributed by atoms with Crippen molar-refractivity contribution in [3.63, 3.8) is 0 Å². The van der Waals surface area contributed by atoms with Gasteiger partial charge in [-0.25, -0.2) is 0 Å². The molecule has 3 nitrogen and oxygen atoms in total. The third-order valence-electron chi connectivity index (χ3n) is 5.48. The maximum Gasteiger partial charge on any atom is 0.306 e. The molecule has 0 aromatic heterocycles. The van der Waals surface area contributed by atoms with E-state index < -0.39 is 0 Å². The Morgan fingerprint density at radius 1 is 0.966 bits per heavy atom. The average molecular weight is 386 g/mol. The number of fused-ring (bicyclic) bond motifs is 1. The predicted octanol–water partition coefficient (Wildman–Crippen LogP) is 5.31. The molecule has 0 saturated heterocycles. The number of carbonyl (C=O) groups excluding carboxylic acids is 1. The maximum atomic E-state index is 12.5. The first-order valence-corrected chi connectivity index (χ1v) is 10.3. The van der Waals surface area contributed by atoms with Crippen LogP contribution in [0.25, 0.3) is 0 Å². The van der Waals surface area contributed by atoms with Crippen molar-refractivity contribution in [2.24, 2.45) is 5.92 Å². The number of anilines is 1. The second-order valence-corrected chi connectivity index (χ2v) is 7.92. The van der Waals surface area contributed by atoms with Gasteiger partial charge in [0.05, 0.1) is 6.42 Å². The average Bonchev–Trinajstić information content (AvgIpc) is 2.73. The zero-order chi connectivity index (χ0) is 20.1. The van der Waals surface area contributed by atoms with Gasteiger partial charge in [0.25, 0.3) is 0 Å². The zero-order valence-corrected chi connectivity index (χ0v) is 16.9. The van der Waals surface area contributed by atoms with Crippen molar-refractivity contribution in [2.45, 2.75) is 32.9 Å². The molecule has 3 aromatic carbocycles. The number of nitrogens with zero attached hydrogens (tertiary/aromatic N) is 1. The first-order valence-electron chi connectivity index (χ1n) is 10.3. The summed E-state index contributed by atoms with van der Waals surface area (Å²) < 4.78 is 5.54. The largest absolute Gasteiger partial charge is 0.461 e. The highest BCUT2D eigenvalue weighted by Gasteiger charge is 2.26. The van der Waals surface area contributed by atoms with Gasteiger partial charge in [0.2, 0.25) is 0 Å². The molecule has 3 heteroatoms. The fourth-order valence-electron chi connectivity index (χ4n) is 4.09. The van der Waals surface area contributed by atoms with Crippen LogP contribution in [0.3, 0.4) is 0 Å². The molecule has 0 amide bonds. The van der Waals surface area contributed by atoms with Gasteiger partial charge in [0.1, 0.15) is 6.61 Å². The number of carbonyl (C=O) groups is 1. The Bertz CT molecular complexity index is 953. The predicted molar refractivity (Wildman–Crippen MR) is 117 cm³/mol. The van der Waals surface area contributed by atoms with E-state index in [4.69, 9.17) is 4.74 Å². The molecule has 1 atom stereocenters. The lowest BCUT2D eigenvalue weighted by Gasteiger charge is -2.36. The van der Waals surface area contributed by atoms with Crippen molar-refractivity contribution in [3.8, 4) is 0 Å². The number of hydrogen-bond donors (Lipinski definition) is 0. The van der Waals surface area contributed by atoms with E-state index in [0.29, 0.717) is 13.0 Å². The minimum absolute atomic E-state index is 0.116. The fourth-order valence-corrected chi connectivity index (χ4v) is 4.09. The van der Waals surface area contributed by atoms with Crippen molar-refractivity contribution in [1.82, 2.24) is 0 Å². The van der Waals surface area contributed by atoms with Gasteiger partial charge >= 0.3 is 5.97 Å². The molecule has 3 aromatic rings. The molecule has 1 unspecified atom stereocenters. The van der Waals surface area contributed by atoms with Crippen LogP contribution in [0.4, 0.5) is 5.69 Å². The number of benzene rings is 3. The van der Waals surface area contributed by atoms with Crippen LogP contribution in [0.1, 0.15) is 28.7 Å².